The molecule has 2 heterocycles. The minimum absolute atomic E-state index is 0.682. The van der Waals surface area contributed by atoms with Gasteiger partial charge in [0.05, 0.1) is 10.7 Å². The van der Waals surface area contributed by atoms with E-state index in [1.54, 1.807) is 6.20 Å². The van der Waals surface area contributed by atoms with Crippen LogP contribution in [0.1, 0.15) is 23.9 Å². The summed E-state index contributed by atoms with van der Waals surface area (Å²) in [6, 6.07) is 4.00. The van der Waals surface area contributed by atoms with Crippen LogP contribution in [0.5, 0.6) is 0 Å². The highest BCUT2D eigenvalue weighted by Crippen LogP contribution is 2.18. The molecule has 0 fully saturated rings. The smallest absolute Gasteiger partial charge is 0.153 e. The molecule has 96 valence electrons. The lowest BCUT2D eigenvalue weighted by atomic mass is 10.2. The molecule has 1 N–H and O–H groups in total. The van der Waals surface area contributed by atoms with Crippen molar-refractivity contribution in [3.05, 3.63) is 40.3 Å². The van der Waals surface area contributed by atoms with Crippen LogP contribution in [0, 0.1) is 13.8 Å². The summed E-state index contributed by atoms with van der Waals surface area (Å²) in [7, 11) is 0. The third-order valence-electron chi connectivity index (χ3n) is 2.71. The Morgan fingerprint density at radius 1 is 1.33 bits per heavy atom. The standard InChI is InChI=1S/C13H17ClN4/c1-4-15-7-11-6-13(16-8-12(11)14)18-10(3)5-9(2)17-18/h5-6,8,15H,4,7H2,1-3H3. The van der Waals surface area contributed by atoms with Crippen molar-refractivity contribution >= 4 is 11.6 Å². The molecule has 0 unspecified atom stereocenters. The molecule has 0 aliphatic rings. The largest absolute Gasteiger partial charge is 0.313 e. The quantitative estimate of drug-likeness (QED) is 0.923. The van der Waals surface area contributed by atoms with Gasteiger partial charge in [-0.05, 0) is 38.1 Å². The van der Waals surface area contributed by atoms with Crippen molar-refractivity contribution in [3.63, 3.8) is 0 Å². The van der Waals surface area contributed by atoms with E-state index in [4.69, 9.17) is 11.6 Å². The van der Waals surface area contributed by atoms with Crippen molar-refractivity contribution < 1.29 is 0 Å². The first-order valence-corrected chi connectivity index (χ1v) is 6.38. The molecule has 18 heavy (non-hydrogen) atoms. The van der Waals surface area contributed by atoms with E-state index in [0.717, 1.165) is 35.9 Å². The summed E-state index contributed by atoms with van der Waals surface area (Å²) in [6.45, 7) is 7.70. The third kappa shape index (κ3) is 2.71. The fourth-order valence-corrected chi connectivity index (χ4v) is 2.01. The van der Waals surface area contributed by atoms with Crippen LogP contribution in [0.25, 0.3) is 5.82 Å². The van der Waals surface area contributed by atoms with Crippen molar-refractivity contribution in [2.24, 2.45) is 0 Å². The molecule has 2 aromatic rings. The summed E-state index contributed by atoms with van der Waals surface area (Å²) in [5, 5.41) is 8.37. The molecule has 2 aromatic heterocycles. The van der Waals surface area contributed by atoms with E-state index in [0.29, 0.717) is 5.02 Å². The first-order chi connectivity index (χ1) is 8.61. The Kier molecular flexibility index (Phi) is 3.99. The molecular formula is C13H17ClN4. The predicted octanol–water partition coefficient (Wildman–Crippen LogP) is 2.65. The Morgan fingerprint density at radius 2 is 2.11 bits per heavy atom. The number of aryl methyl sites for hydroxylation is 2. The van der Waals surface area contributed by atoms with E-state index in [1.807, 2.05) is 30.7 Å². The van der Waals surface area contributed by atoms with Crippen LogP contribution < -0.4 is 5.32 Å². The van der Waals surface area contributed by atoms with Gasteiger partial charge in [-0.1, -0.05) is 18.5 Å². The molecule has 0 amide bonds. The van der Waals surface area contributed by atoms with Crippen LogP contribution >= 0.6 is 11.6 Å². The average Bonchev–Trinajstić information content (AvgIpc) is 2.67. The Balaban J connectivity index is 2.37. The van der Waals surface area contributed by atoms with E-state index in [2.05, 4.69) is 22.3 Å². The minimum atomic E-state index is 0.682. The monoisotopic (exact) mass is 264 g/mol. The van der Waals surface area contributed by atoms with E-state index in [-0.39, 0.29) is 0 Å². The molecule has 0 spiro atoms. The summed E-state index contributed by atoms with van der Waals surface area (Å²) in [5.41, 5.74) is 3.09. The second-order valence-corrected chi connectivity index (χ2v) is 4.66. The number of pyridine rings is 1. The molecule has 0 aliphatic carbocycles. The zero-order chi connectivity index (χ0) is 13.1. The van der Waals surface area contributed by atoms with E-state index < -0.39 is 0 Å². The highest BCUT2D eigenvalue weighted by atomic mass is 35.5. The lowest BCUT2D eigenvalue weighted by Crippen LogP contribution is -2.13. The first kappa shape index (κ1) is 13.1. The Bertz CT molecular complexity index is 548. The van der Waals surface area contributed by atoms with Crippen molar-refractivity contribution in [2.45, 2.75) is 27.3 Å². The predicted molar refractivity (Wildman–Crippen MR) is 73.2 cm³/mol. The zero-order valence-corrected chi connectivity index (χ0v) is 11.6. The molecule has 0 aliphatic heterocycles. The molecule has 0 radical (unpaired) electrons. The maximum Gasteiger partial charge on any atom is 0.153 e. The first-order valence-electron chi connectivity index (χ1n) is 6.00. The second-order valence-electron chi connectivity index (χ2n) is 4.25. The van der Waals surface area contributed by atoms with Gasteiger partial charge in [-0.2, -0.15) is 5.10 Å². The Hall–Kier alpha value is -1.39. The van der Waals surface area contributed by atoms with Crippen molar-refractivity contribution in [1.82, 2.24) is 20.1 Å². The molecule has 4 nitrogen and oxygen atoms in total. The summed E-state index contributed by atoms with van der Waals surface area (Å²) in [4.78, 5) is 4.33. The number of halogens is 1. The van der Waals surface area contributed by atoms with Gasteiger partial charge in [0.1, 0.15) is 0 Å². The normalized spacial score (nSPS) is 10.9. The SMILES string of the molecule is CCNCc1cc(-n2nc(C)cc2C)ncc1Cl. The number of nitrogens with zero attached hydrogens (tertiary/aromatic N) is 3. The van der Waals surface area contributed by atoms with Gasteiger partial charge in [0.25, 0.3) is 0 Å². The highest BCUT2D eigenvalue weighted by molar-refractivity contribution is 6.31. The highest BCUT2D eigenvalue weighted by Gasteiger charge is 2.08. The number of aromatic nitrogens is 3. The van der Waals surface area contributed by atoms with Gasteiger partial charge in [-0.15, -0.1) is 0 Å². The van der Waals surface area contributed by atoms with Gasteiger partial charge in [0, 0.05) is 18.4 Å². The van der Waals surface area contributed by atoms with Crippen LogP contribution in [0.4, 0.5) is 0 Å². The van der Waals surface area contributed by atoms with E-state index in [1.165, 1.54) is 0 Å². The molecule has 2 rings (SSSR count). The average molecular weight is 265 g/mol. The van der Waals surface area contributed by atoms with Crippen LogP contribution in [0.3, 0.4) is 0 Å². The van der Waals surface area contributed by atoms with Crippen LogP contribution in [0.15, 0.2) is 18.3 Å². The Morgan fingerprint density at radius 3 is 2.72 bits per heavy atom. The van der Waals surface area contributed by atoms with Crippen molar-refractivity contribution in [2.75, 3.05) is 6.54 Å². The number of hydrogen-bond donors (Lipinski definition) is 1. The lowest BCUT2D eigenvalue weighted by molar-refractivity contribution is 0.722. The van der Waals surface area contributed by atoms with Crippen LogP contribution in [0.2, 0.25) is 5.02 Å². The Labute approximate surface area is 112 Å². The molecule has 0 saturated carbocycles. The summed E-state index contributed by atoms with van der Waals surface area (Å²) < 4.78 is 1.83. The van der Waals surface area contributed by atoms with E-state index >= 15 is 0 Å². The van der Waals surface area contributed by atoms with Gasteiger partial charge < -0.3 is 5.32 Å². The maximum atomic E-state index is 6.13. The summed E-state index contributed by atoms with van der Waals surface area (Å²) in [6.07, 6.45) is 1.68. The molecule has 0 bridgehead atoms. The minimum Gasteiger partial charge on any atom is -0.313 e. The maximum absolute atomic E-state index is 6.13. The lowest BCUT2D eigenvalue weighted by Gasteiger charge is -2.08. The molecule has 0 aromatic carbocycles. The fourth-order valence-electron chi connectivity index (χ4n) is 1.84. The van der Waals surface area contributed by atoms with Gasteiger partial charge in [0.15, 0.2) is 5.82 Å². The fraction of sp³-hybridized carbons (Fsp3) is 0.385. The van der Waals surface area contributed by atoms with Crippen LogP contribution in [-0.4, -0.2) is 21.3 Å². The van der Waals surface area contributed by atoms with Gasteiger partial charge >= 0.3 is 0 Å². The number of nitrogens with one attached hydrogen (secondary N) is 1. The van der Waals surface area contributed by atoms with Crippen molar-refractivity contribution in [3.8, 4) is 5.82 Å². The van der Waals surface area contributed by atoms with Gasteiger partial charge in [-0.25, -0.2) is 9.67 Å². The molecule has 5 heteroatoms. The summed E-state index contributed by atoms with van der Waals surface area (Å²) >= 11 is 6.13. The summed E-state index contributed by atoms with van der Waals surface area (Å²) in [5.74, 6) is 0.804. The van der Waals surface area contributed by atoms with Crippen LogP contribution in [-0.2, 0) is 6.54 Å². The topological polar surface area (TPSA) is 42.7 Å². The molecular weight excluding hydrogens is 248 g/mol. The van der Waals surface area contributed by atoms with Gasteiger partial charge in [-0.3, -0.25) is 0 Å². The van der Waals surface area contributed by atoms with E-state index in [9.17, 15) is 0 Å². The molecule has 0 saturated heterocycles. The third-order valence-corrected chi connectivity index (χ3v) is 3.05. The second kappa shape index (κ2) is 5.50. The number of hydrogen-bond acceptors (Lipinski definition) is 3. The molecule has 0 atom stereocenters. The van der Waals surface area contributed by atoms with Crippen molar-refractivity contribution in [1.29, 1.82) is 0 Å². The number of rotatable bonds is 4. The van der Waals surface area contributed by atoms with Gasteiger partial charge in [0.2, 0.25) is 0 Å². The zero-order valence-electron chi connectivity index (χ0n) is 10.9.